The third-order valence-electron chi connectivity index (χ3n) is 5.05. The molecule has 8 nitrogen and oxygen atoms in total. The molecule has 0 aromatic heterocycles. The summed E-state index contributed by atoms with van der Waals surface area (Å²) in [7, 11) is 2.01. The number of hydrogen-bond donors (Lipinski definition) is 0. The summed E-state index contributed by atoms with van der Waals surface area (Å²) >= 11 is 0. The number of anilines is 2. The van der Waals surface area contributed by atoms with E-state index in [0.717, 1.165) is 18.0 Å². The fraction of sp³-hybridized carbons (Fsp3) is 0.263. The second-order valence-corrected chi connectivity index (χ2v) is 6.71. The third-order valence-corrected chi connectivity index (χ3v) is 5.05. The van der Waals surface area contributed by atoms with E-state index in [0.29, 0.717) is 29.9 Å². The van der Waals surface area contributed by atoms with Crippen LogP contribution in [0.3, 0.4) is 0 Å². The fourth-order valence-electron chi connectivity index (χ4n) is 3.54. The number of carbonyl (C=O) groups excluding carboxylic acids is 2. The normalized spacial score (nSPS) is 17.4. The molecule has 0 saturated carbocycles. The Kier molecular flexibility index (Phi) is 4.12. The molecule has 0 spiro atoms. The standard InChI is InChI=1S/C19H18N4O4/c1-20-8-10-21(11-9-20)16-7-6-13(12-17(16)23(26)27)22-18(24)14-4-2-3-5-15(14)19(22)25/h2-7,12H,8-11H2,1H3. The maximum atomic E-state index is 12.6. The van der Waals surface area contributed by atoms with Gasteiger partial charge >= 0.3 is 0 Å². The van der Waals surface area contributed by atoms with E-state index in [1.165, 1.54) is 6.07 Å². The first-order valence-electron chi connectivity index (χ1n) is 8.67. The molecule has 2 aromatic carbocycles. The lowest BCUT2D eigenvalue weighted by Crippen LogP contribution is -2.44. The molecule has 2 aliphatic rings. The number of amides is 2. The average Bonchev–Trinajstić information content (AvgIpc) is 2.93. The molecule has 2 aliphatic heterocycles. The molecule has 0 radical (unpaired) electrons. The molecule has 8 heteroatoms. The minimum absolute atomic E-state index is 0.103. The number of benzene rings is 2. The van der Waals surface area contributed by atoms with Crippen LogP contribution in [-0.2, 0) is 0 Å². The molecule has 0 N–H and O–H groups in total. The van der Waals surface area contributed by atoms with E-state index in [-0.39, 0.29) is 11.4 Å². The lowest BCUT2D eigenvalue weighted by Gasteiger charge is -2.33. The van der Waals surface area contributed by atoms with Crippen molar-refractivity contribution in [3.8, 4) is 0 Å². The number of hydrogen-bond acceptors (Lipinski definition) is 6. The summed E-state index contributed by atoms with van der Waals surface area (Å²) in [4.78, 5) is 41.6. The zero-order valence-corrected chi connectivity index (χ0v) is 14.8. The summed E-state index contributed by atoms with van der Waals surface area (Å²) < 4.78 is 0. The molecule has 1 saturated heterocycles. The molecule has 138 valence electrons. The Balaban J connectivity index is 1.71. The Labute approximate surface area is 155 Å². The Morgan fingerprint density at radius 2 is 1.52 bits per heavy atom. The monoisotopic (exact) mass is 366 g/mol. The second-order valence-electron chi connectivity index (χ2n) is 6.71. The van der Waals surface area contributed by atoms with Crippen LogP contribution in [0.2, 0.25) is 0 Å². The van der Waals surface area contributed by atoms with Gasteiger partial charge in [-0.05, 0) is 31.3 Å². The molecule has 0 unspecified atom stereocenters. The van der Waals surface area contributed by atoms with Gasteiger partial charge in [0.15, 0.2) is 0 Å². The number of piperazine rings is 1. The Hall–Kier alpha value is -3.26. The highest BCUT2D eigenvalue weighted by Crippen LogP contribution is 2.36. The van der Waals surface area contributed by atoms with Crippen molar-refractivity contribution in [1.29, 1.82) is 0 Å². The zero-order chi connectivity index (χ0) is 19.1. The fourth-order valence-corrected chi connectivity index (χ4v) is 3.54. The topological polar surface area (TPSA) is 87.0 Å². The number of carbonyl (C=O) groups is 2. The number of likely N-dealkylation sites (N-methyl/N-ethyl adjacent to an activating group) is 1. The molecule has 1 fully saturated rings. The molecule has 0 bridgehead atoms. The van der Waals surface area contributed by atoms with Gasteiger partial charge in [0, 0.05) is 32.2 Å². The van der Waals surface area contributed by atoms with Crippen LogP contribution in [0.4, 0.5) is 17.1 Å². The number of nitrogens with zero attached hydrogens (tertiary/aromatic N) is 4. The van der Waals surface area contributed by atoms with Gasteiger partial charge in [0.1, 0.15) is 5.69 Å². The quantitative estimate of drug-likeness (QED) is 0.470. The summed E-state index contributed by atoms with van der Waals surface area (Å²) in [6, 6.07) is 11.1. The van der Waals surface area contributed by atoms with E-state index < -0.39 is 16.7 Å². The Morgan fingerprint density at radius 3 is 2.07 bits per heavy atom. The van der Waals surface area contributed by atoms with Crippen molar-refractivity contribution in [2.24, 2.45) is 0 Å². The van der Waals surface area contributed by atoms with Gasteiger partial charge in [0.2, 0.25) is 0 Å². The summed E-state index contributed by atoms with van der Waals surface area (Å²) in [5, 5.41) is 11.7. The van der Waals surface area contributed by atoms with Crippen LogP contribution >= 0.6 is 0 Å². The molecular weight excluding hydrogens is 348 g/mol. The summed E-state index contributed by atoms with van der Waals surface area (Å²) in [5.41, 5.74) is 1.24. The summed E-state index contributed by atoms with van der Waals surface area (Å²) in [6.07, 6.45) is 0. The van der Waals surface area contributed by atoms with Gasteiger partial charge in [-0.3, -0.25) is 19.7 Å². The second kappa shape index (κ2) is 6.48. The van der Waals surface area contributed by atoms with Gasteiger partial charge in [-0.15, -0.1) is 0 Å². The molecule has 2 heterocycles. The van der Waals surface area contributed by atoms with Gasteiger partial charge < -0.3 is 9.80 Å². The lowest BCUT2D eigenvalue weighted by molar-refractivity contribution is -0.384. The lowest BCUT2D eigenvalue weighted by atomic mass is 10.1. The van der Waals surface area contributed by atoms with Gasteiger partial charge in [0.25, 0.3) is 17.5 Å². The van der Waals surface area contributed by atoms with Crippen molar-refractivity contribution in [3.63, 3.8) is 0 Å². The Bertz CT molecular complexity index is 915. The predicted molar refractivity (Wildman–Crippen MR) is 100 cm³/mol. The van der Waals surface area contributed by atoms with Crippen LogP contribution in [0.1, 0.15) is 20.7 Å². The molecule has 0 atom stereocenters. The van der Waals surface area contributed by atoms with Crippen molar-refractivity contribution >= 4 is 28.9 Å². The molecule has 27 heavy (non-hydrogen) atoms. The molecule has 2 aromatic rings. The largest absolute Gasteiger partial charge is 0.363 e. The third kappa shape index (κ3) is 2.83. The minimum Gasteiger partial charge on any atom is -0.363 e. The van der Waals surface area contributed by atoms with Gasteiger partial charge in [-0.2, -0.15) is 0 Å². The van der Waals surface area contributed by atoms with Crippen LogP contribution < -0.4 is 9.80 Å². The maximum absolute atomic E-state index is 12.6. The van der Waals surface area contributed by atoms with Crippen molar-refractivity contribution in [1.82, 2.24) is 4.90 Å². The van der Waals surface area contributed by atoms with E-state index >= 15 is 0 Å². The van der Waals surface area contributed by atoms with E-state index in [2.05, 4.69) is 4.90 Å². The number of imide groups is 1. The molecular formula is C19H18N4O4. The molecule has 0 aliphatic carbocycles. The first kappa shape index (κ1) is 17.2. The highest BCUT2D eigenvalue weighted by molar-refractivity contribution is 6.34. The van der Waals surface area contributed by atoms with Gasteiger partial charge in [-0.25, -0.2) is 4.90 Å². The van der Waals surface area contributed by atoms with Crippen LogP contribution in [0.15, 0.2) is 42.5 Å². The summed E-state index contributed by atoms with van der Waals surface area (Å²) in [6.45, 7) is 3.00. The first-order valence-corrected chi connectivity index (χ1v) is 8.67. The minimum atomic E-state index is -0.463. The average molecular weight is 366 g/mol. The number of nitro benzene ring substituents is 1. The number of fused-ring (bicyclic) bond motifs is 1. The molecule has 2 amide bonds. The number of nitro groups is 1. The van der Waals surface area contributed by atoms with Gasteiger partial charge in [0.05, 0.1) is 21.7 Å². The van der Waals surface area contributed by atoms with Gasteiger partial charge in [-0.1, -0.05) is 12.1 Å². The van der Waals surface area contributed by atoms with Crippen molar-refractivity contribution < 1.29 is 14.5 Å². The van der Waals surface area contributed by atoms with Crippen LogP contribution in [-0.4, -0.2) is 54.9 Å². The van der Waals surface area contributed by atoms with E-state index in [4.69, 9.17) is 0 Å². The molecule has 4 rings (SSSR count). The van der Waals surface area contributed by atoms with Crippen LogP contribution in [0.5, 0.6) is 0 Å². The van der Waals surface area contributed by atoms with Crippen LogP contribution in [0, 0.1) is 10.1 Å². The van der Waals surface area contributed by atoms with Crippen molar-refractivity contribution in [2.75, 3.05) is 43.0 Å². The van der Waals surface area contributed by atoms with E-state index in [9.17, 15) is 19.7 Å². The zero-order valence-electron chi connectivity index (χ0n) is 14.8. The van der Waals surface area contributed by atoms with E-state index in [1.54, 1.807) is 36.4 Å². The smallest absolute Gasteiger partial charge is 0.294 e. The highest BCUT2D eigenvalue weighted by Gasteiger charge is 2.37. The van der Waals surface area contributed by atoms with E-state index in [1.807, 2.05) is 11.9 Å². The van der Waals surface area contributed by atoms with Crippen molar-refractivity contribution in [2.45, 2.75) is 0 Å². The SMILES string of the molecule is CN1CCN(c2ccc(N3C(=O)c4ccccc4C3=O)cc2[N+](=O)[O-])CC1. The first-order chi connectivity index (χ1) is 13.0. The predicted octanol–water partition coefficient (Wildman–Crippen LogP) is 2.15. The van der Waals surface area contributed by atoms with Crippen molar-refractivity contribution in [3.05, 3.63) is 63.7 Å². The summed E-state index contributed by atoms with van der Waals surface area (Å²) in [5.74, 6) is -0.922. The van der Waals surface area contributed by atoms with Crippen LogP contribution in [0.25, 0.3) is 0 Å². The highest BCUT2D eigenvalue weighted by atomic mass is 16.6. The Morgan fingerprint density at radius 1 is 0.926 bits per heavy atom. The maximum Gasteiger partial charge on any atom is 0.294 e. The number of rotatable bonds is 3.